The van der Waals surface area contributed by atoms with Crippen LogP contribution in [-0.4, -0.2) is 30.7 Å². The van der Waals surface area contributed by atoms with Gasteiger partial charge in [-0.15, -0.1) is 0 Å². The van der Waals surface area contributed by atoms with E-state index < -0.39 is 6.03 Å². The van der Waals surface area contributed by atoms with Crippen molar-refractivity contribution < 1.29 is 19.4 Å². The van der Waals surface area contributed by atoms with Gasteiger partial charge in [0.25, 0.3) is 0 Å². The van der Waals surface area contributed by atoms with Crippen molar-refractivity contribution in [2.75, 3.05) is 18.6 Å². The highest BCUT2D eigenvalue weighted by Gasteiger charge is 2.28. The molecule has 0 radical (unpaired) electrons. The molecule has 0 aliphatic carbocycles. The van der Waals surface area contributed by atoms with Crippen LogP contribution < -0.4 is 15.0 Å². The average Bonchev–Trinajstić information content (AvgIpc) is 2.44. The van der Waals surface area contributed by atoms with Crippen LogP contribution in [0.25, 0.3) is 0 Å². The first-order valence-electron chi connectivity index (χ1n) is 7.21. The second-order valence-corrected chi connectivity index (χ2v) is 6.35. The van der Waals surface area contributed by atoms with Gasteiger partial charge in [-0.1, -0.05) is 20.8 Å². The molecule has 3 amide bonds. The first-order chi connectivity index (χ1) is 10.3. The zero-order chi connectivity index (χ0) is 16.5. The summed E-state index contributed by atoms with van der Waals surface area (Å²) in [6.07, 6.45) is 0.261. The third-order valence-corrected chi connectivity index (χ3v) is 3.70. The van der Waals surface area contributed by atoms with E-state index in [9.17, 15) is 14.7 Å². The van der Waals surface area contributed by atoms with Crippen LogP contribution in [0.15, 0.2) is 12.1 Å². The number of rotatable bonds is 3. The number of hydrogen-bond donors (Lipinski definition) is 2. The molecule has 0 aromatic heterocycles. The summed E-state index contributed by atoms with van der Waals surface area (Å²) in [4.78, 5) is 24.8. The van der Waals surface area contributed by atoms with Crippen LogP contribution in [-0.2, 0) is 16.8 Å². The van der Waals surface area contributed by atoms with Gasteiger partial charge >= 0.3 is 6.03 Å². The zero-order valence-corrected chi connectivity index (χ0v) is 13.4. The Kier molecular flexibility index (Phi) is 4.42. The molecule has 1 fully saturated rings. The lowest BCUT2D eigenvalue weighted by molar-refractivity contribution is -0.120. The van der Waals surface area contributed by atoms with Gasteiger partial charge in [-0.05, 0) is 17.5 Å². The van der Waals surface area contributed by atoms with Gasteiger partial charge in [-0.2, -0.15) is 0 Å². The maximum Gasteiger partial charge on any atom is 0.328 e. The van der Waals surface area contributed by atoms with E-state index in [4.69, 9.17) is 4.74 Å². The summed E-state index contributed by atoms with van der Waals surface area (Å²) in [7, 11) is 1.57. The fourth-order valence-corrected chi connectivity index (χ4v) is 2.55. The van der Waals surface area contributed by atoms with Crippen LogP contribution in [0.5, 0.6) is 5.75 Å². The topological polar surface area (TPSA) is 78.9 Å². The summed E-state index contributed by atoms with van der Waals surface area (Å²) < 4.78 is 5.45. The predicted octanol–water partition coefficient (Wildman–Crippen LogP) is 1.93. The van der Waals surface area contributed by atoms with Gasteiger partial charge in [-0.3, -0.25) is 15.0 Å². The molecule has 6 nitrogen and oxygen atoms in total. The highest BCUT2D eigenvalue weighted by Crippen LogP contribution is 2.38. The smallest absolute Gasteiger partial charge is 0.328 e. The summed E-state index contributed by atoms with van der Waals surface area (Å²) in [6.45, 7) is 6.25. The molecule has 1 aliphatic rings. The van der Waals surface area contributed by atoms with E-state index in [0.29, 0.717) is 23.5 Å². The molecule has 1 aliphatic heterocycles. The van der Waals surface area contributed by atoms with Crippen molar-refractivity contribution in [3.8, 4) is 5.75 Å². The van der Waals surface area contributed by atoms with E-state index >= 15 is 0 Å². The fraction of sp³-hybridized carbons (Fsp3) is 0.500. The maximum atomic E-state index is 12.0. The van der Waals surface area contributed by atoms with E-state index in [1.54, 1.807) is 13.2 Å². The Hall–Kier alpha value is -2.08. The van der Waals surface area contributed by atoms with E-state index in [1.165, 1.54) is 4.90 Å². The normalized spacial score (nSPS) is 15.8. The maximum absolute atomic E-state index is 12.0. The summed E-state index contributed by atoms with van der Waals surface area (Å²) in [6, 6.07) is 3.17. The summed E-state index contributed by atoms with van der Waals surface area (Å²) in [5, 5.41) is 11.9. The van der Waals surface area contributed by atoms with Crippen molar-refractivity contribution in [3.05, 3.63) is 23.3 Å². The lowest BCUT2D eigenvalue weighted by Crippen LogP contribution is -2.49. The number of nitrogens with one attached hydrogen (secondary N) is 1. The zero-order valence-electron chi connectivity index (χ0n) is 13.4. The van der Waals surface area contributed by atoms with Crippen molar-refractivity contribution >= 4 is 17.6 Å². The lowest BCUT2D eigenvalue weighted by atomic mass is 9.84. The number of ether oxygens (including phenoxy) is 1. The number of benzene rings is 1. The lowest BCUT2D eigenvalue weighted by Gasteiger charge is -2.30. The molecule has 2 rings (SSSR count). The van der Waals surface area contributed by atoms with Gasteiger partial charge in [-0.25, -0.2) is 4.79 Å². The molecular formula is C16H22N2O4. The van der Waals surface area contributed by atoms with Gasteiger partial charge in [0.2, 0.25) is 5.91 Å². The molecule has 6 heteroatoms. The number of urea groups is 1. The van der Waals surface area contributed by atoms with Crippen LogP contribution in [0.3, 0.4) is 0 Å². The Bertz CT molecular complexity index is 605. The molecule has 1 saturated heterocycles. The summed E-state index contributed by atoms with van der Waals surface area (Å²) in [5.41, 5.74) is 1.96. The Balaban J connectivity index is 2.53. The number of amides is 3. The number of imide groups is 1. The molecule has 0 atom stereocenters. The van der Waals surface area contributed by atoms with Crippen molar-refractivity contribution in [1.82, 2.24) is 5.32 Å². The highest BCUT2D eigenvalue weighted by atomic mass is 16.5. The quantitative estimate of drug-likeness (QED) is 0.894. The molecule has 0 unspecified atom stereocenters. The Morgan fingerprint density at radius 3 is 2.50 bits per heavy atom. The number of carbonyl (C=O) groups excluding carboxylic acids is 2. The Morgan fingerprint density at radius 2 is 2.00 bits per heavy atom. The number of aliphatic hydroxyl groups is 1. The van der Waals surface area contributed by atoms with Crippen molar-refractivity contribution in [3.63, 3.8) is 0 Å². The number of nitrogens with zero attached hydrogens (tertiary/aromatic N) is 1. The van der Waals surface area contributed by atoms with Crippen molar-refractivity contribution in [2.45, 2.75) is 39.2 Å². The standard InChI is InChI=1S/C16H22N2O4/c1-16(2,3)12-8-11(7-10(9-19)14(12)22-4)18-6-5-13(20)17-15(18)21/h7-8,19H,5-6,9H2,1-4H3,(H,17,20,21). The summed E-state index contributed by atoms with van der Waals surface area (Å²) >= 11 is 0. The molecule has 1 aromatic carbocycles. The second-order valence-electron chi connectivity index (χ2n) is 6.35. The van der Waals surface area contributed by atoms with Gasteiger partial charge in [0.05, 0.1) is 13.7 Å². The molecule has 1 aromatic rings. The van der Waals surface area contributed by atoms with Crippen LogP contribution in [0.2, 0.25) is 0 Å². The van der Waals surface area contributed by atoms with Crippen LogP contribution in [0.4, 0.5) is 10.5 Å². The highest BCUT2D eigenvalue weighted by molar-refractivity contribution is 6.05. The third-order valence-electron chi connectivity index (χ3n) is 3.70. The first-order valence-corrected chi connectivity index (χ1v) is 7.21. The molecule has 120 valence electrons. The molecule has 0 bridgehead atoms. The van der Waals surface area contributed by atoms with Gasteiger partial charge in [0.1, 0.15) is 5.75 Å². The fourth-order valence-electron chi connectivity index (χ4n) is 2.55. The molecule has 1 heterocycles. The molecule has 22 heavy (non-hydrogen) atoms. The minimum atomic E-state index is -0.440. The van der Waals surface area contributed by atoms with Crippen molar-refractivity contribution in [2.24, 2.45) is 0 Å². The summed E-state index contributed by atoms with van der Waals surface area (Å²) in [5.74, 6) is 0.362. The molecular weight excluding hydrogens is 284 g/mol. The van der Waals surface area contributed by atoms with Gasteiger partial charge in [0.15, 0.2) is 0 Å². The van der Waals surface area contributed by atoms with E-state index in [1.807, 2.05) is 26.8 Å². The largest absolute Gasteiger partial charge is 0.496 e. The van der Waals surface area contributed by atoms with Gasteiger partial charge < -0.3 is 9.84 Å². The molecule has 2 N–H and O–H groups in total. The SMILES string of the molecule is COc1c(CO)cc(N2CCC(=O)NC2=O)cc1C(C)(C)C. The second kappa shape index (κ2) is 5.96. The minimum Gasteiger partial charge on any atom is -0.496 e. The Morgan fingerprint density at radius 1 is 1.32 bits per heavy atom. The van der Waals surface area contributed by atoms with E-state index in [0.717, 1.165) is 5.56 Å². The number of aliphatic hydroxyl groups excluding tert-OH is 1. The number of carbonyl (C=O) groups is 2. The van der Waals surface area contributed by atoms with Crippen LogP contribution in [0, 0.1) is 0 Å². The average molecular weight is 306 g/mol. The first kappa shape index (κ1) is 16.3. The third kappa shape index (κ3) is 3.06. The van der Waals surface area contributed by atoms with Gasteiger partial charge in [0, 0.05) is 29.8 Å². The van der Waals surface area contributed by atoms with Crippen LogP contribution >= 0.6 is 0 Å². The minimum absolute atomic E-state index is 0.186. The molecule has 0 saturated carbocycles. The monoisotopic (exact) mass is 306 g/mol. The molecule has 0 spiro atoms. The number of anilines is 1. The van der Waals surface area contributed by atoms with E-state index in [-0.39, 0.29) is 24.3 Å². The predicted molar refractivity (Wildman–Crippen MR) is 83.1 cm³/mol. The number of methoxy groups -OCH3 is 1. The van der Waals surface area contributed by atoms with Crippen LogP contribution in [0.1, 0.15) is 38.3 Å². The number of hydrogen-bond acceptors (Lipinski definition) is 4. The van der Waals surface area contributed by atoms with Crippen molar-refractivity contribution in [1.29, 1.82) is 0 Å². The Labute approximate surface area is 130 Å². The van der Waals surface area contributed by atoms with E-state index in [2.05, 4.69) is 5.32 Å².